The molecule has 58 heavy (non-hydrogen) atoms. The molecule has 0 N–H and O–H groups in total. The number of para-hydroxylation sites is 3. The Bertz CT molecular complexity index is 3550. The number of aromatic nitrogens is 4. The normalized spacial score (nSPS) is 11.8. The van der Waals surface area contributed by atoms with Crippen molar-refractivity contribution in [2.24, 2.45) is 0 Å². The summed E-state index contributed by atoms with van der Waals surface area (Å²) in [6, 6.07) is 73.6. The van der Waals surface area contributed by atoms with Gasteiger partial charge in [0.15, 0.2) is 0 Å². The molecule has 0 bridgehead atoms. The van der Waals surface area contributed by atoms with Crippen LogP contribution in [-0.2, 0) is 0 Å². The van der Waals surface area contributed by atoms with Crippen LogP contribution in [-0.4, -0.2) is 19.1 Å². The van der Waals surface area contributed by atoms with E-state index in [0.29, 0.717) is 0 Å². The quantitative estimate of drug-likeness (QED) is 0.176. The summed E-state index contributed by atoms with van der Waals surface area (Å²) in [5, 5.41) is 7.49. The van der Waals surface area contributed by atoms with Crippen LogP contribution in [0.2, 0.25) is 0 Å². The number of hydrogen-bond acceptors (Lipinski definition) is 2. The highest BCUT2D eigenvalue weighted by Crippen LogP contribution is 2.44. The standard InChI is InChI=1S/C54H34N4/c1-4-17-36(18-5-1)51-52(37-19-6-2-7-20-37)56-53-42(27-15-28-45(53)55-51)38-21-14-24-40(34-38)57-46-29-13-12-26-43(46)50-48(57)33-31-44-49-41-25-11-10-16-35(41)30-32-47(49)58(54(44)50)39-22-8-3-9-23-39/h1-34H. The van der Waals surface area contributed by atoms with Crippen molar-refractivity contribution in [2.45, 2.75) is 0 Å². The van der Waals surface area contributed by atoms with Crippen LogP contribution in [0.3, 0.4) is 0 Å². The minimum Gasteiger partial charge on any atom is -0.309 e. The van der Waals surface area contributed by atoms with E-state index in [9.17, 15) is 0 Å². The number of benzene rings is 9. The first kappa shape index (κ1) is 32.4. The van der Waals surface area contributed by atoms with E-state index in [1.165, 1.54) is 43.4 Å². The maximum atomic E-state index is 5.43. The van der Waals surface area contributed by atoms with Gasteiger partial charge in [0.25, 0.3) is 0 Å². The van der Waals surface area contributed by atoms with Gasteiger partial charge in [-0.1, -0.05) is 158 Å². The molecule has 3 aromatic heterocycles. The fourth-order valence-electron chi connectivity index (χ4n) is 9.17. The van der Waals surface area contributed by atoms with Gasteiger partial charge in [0.1, 0.15) is 0 Å². The zero-order chi connectivity index (χ0) is 38.2. The molecule has 12 aromatic rings. The van der Waals surface area contributed by atoms with Gasteiger partial charge in [-0.2, -0.15) is 0 Å². The Morgan fingerprint density at radius 1 is 0.345 bits per heavy atom. The highest BCUT2D eigenvalue weighted by molar-refractivity contribution is 6.30. The second-order valence-electron chi connectivity index (χ2n) is 14.9. The summed E-state index contributed by atoms with van der Waals surface area (Å²) in [7, 11) is 0. The topological polar surface area (TPSA) is 35.6 Å². The second-order valence-corrected chi connectivity index (χ2v) is 14.9. The van der Waals surface area contributed by atoms with Crippen molar-refractivity contribution in [1.29, 1.82) is 0 Å². The lowest BCUT2D eigenvalue weighted by atomic mass is 10.0. The van der Waals surface area contributed by atoms with Gasteiger partial charge >= 0.3 is 0 Å². The van der Waals surface area contributed by atoms with Crippen LogP contribution in [0.1, 0.15) is 0 Å². The van der Waals surface area contributed by atoms with Crippen LogP contribution in [0.4, 0.5) is 0 Å². The number of fused-ring (bicyclic) bond motifs is 10. The third-order valence-electron chi connectivity index (χ3n) is 11.7. The molecule has 0 saturated heterocycles. The maximum absolute atomic E-state index is 5.43. The lowest BCUT2D eigenvalue weighted by molar-refractivity contribution is 1.17. The summed E-state index contributed by atoms with van der Waals surface area (Å²) in [6.07, 6.45) is 0. The summed E-state index contributed by atoms with van der Waals surface area (Å²) in [4.78, 5) is 10.7. The van der Waals surface area contributed by atoms with E-state index < -0.39 is 0 Å². The van der Waals surface area contributed by atoms with Gasteiger partial charge in [-0.3, -0.25) is 0 Å². The molecule has 9 aromatic carbocycles. The van der Waals surface area contributed by atoms with Crippen LogP contribution in [0.5, 0.6) is 0 Å². The minimum atomic E-state index is 0.863. The minimum absolute atomic E-state index is 0.863. The third-order valence-corrected chi connectivity index (χ3v) is 11.7. The third kappa shape index (κ3) is 4.88. The Kier molecular flexibility index (Phi) is 7.20. The van der Waals surface area contributed by atoms with Gasteiger partial charge in [0.05, 0.1) is 44.5 Å². The molecule has 0 aliphatic heterocycles. The molecule has 0 fully saturated rings. The van der Waals surface area contributed by atoms with Gasteiger partial charge in [-0.15, -0.1) is 0 Å². The van der Waals surface area contributed by atoms with Crippen LogP contribution in [0.25, 0.3) is 110 Å². The van der Waals surface area contributed by atoms with Gasteiger partial charge in [0, 0.05) is 49.6 Å². The number of hydrogen-bond donors (Lipinski definition) is 0. The largest absolute Gasteiger partial charge is 0.309 e. The Morgan fingerprint density at radius 2 is 0.948 bits per heavy atom. The molecule has 4 heteroatoms. The van der Waals surface area contributed by atoms with E-state index in [4.69, 9.17) is 9.97 Å². The van der Waals surface area contributed by atoms with Crippen molar-refractivity contribution in [2.75, 3.05) is 0 Å². The highest BCUT2D eigenvalue weighted by atomic mass is 15.0. The molecule has 12 rings (SSSR count). The molecular weight excluding hydrogens is 705 g/mol. The fraction of sp³-hybridized carbons (Fsp3) is 0. The first-order valence-electron chi connectivity index (χ1n) is 19.8. The fourth-order valence-corrected chi connectivity index (χ4v) is 9.17. The molecule has 0 aliphatic carbocycles. The molecular formula is C54H34N4. The van der Waals surface area contributed by atoms with E-state index in [2.05, 4.69) is 203 Å². The van der Waals surface area contributed by atoms with Crippen molar-refractivity contribution >= 4 is 65.4 Å². The summed E-state index contributed by atoms with van der Waals surface area (Å²) in [5.41, 5.74) is 14.7. The Hall–Kier alpha value is -7.82. The summed E-state index contributed by atoms with van der Waals surface area (Å²) in [6.45, 7) is 0. The predicted octanol–water partition coefficient (Wildman–Crippen LogP) is 14.0. The highest BCUT2D eigenvalue weighted by Gasteiger charge is 2.22. The summed E-state index contributed by atoms with van der Waals surface area (Å²) >= 11 is 0. The molecule has 0 atom stereocenters. The molecule has 0 unspecified atom stereocenters. The van der Waals surface area contributed by atoms with Crippen LogP contribution >= 0.6 is 0 Å². The van der Waals surface area contributed by atoms with E-state index >= 15 is 0 Å². The Labute approximate surface area is 334 Å². The smallest absolute Gasteiger partial charge is 0.0973 e. The van der Waals surface area contributed by atoms with Gasteiger partial charge in [-0.25, -0.2) is 9.97 Å². The maximum Gasteiger partial charge on any atom is 0.0973 e. The van der Waals surface area contributed by atoms with Gasteiger partial charge in [0.2, 0.25) is 0 Å². The van der Waals surface area contributed by atoms with Crippen LogP contribution in [0.15, 0.2) is 206 Å². The Morgan fingerprint density at radius 3 is 1.74 bits per heavy atom. The number of nitrogens with zero attached hydrogens (tertiary/aromatic N) is 4. The van der Waals surface area contributed by atoms with E-state index in [0.717, 1.165) is 67.1 Å². The first-order valence-corrected chi connectivity index (χ1v) is 19.8. The molecule has 3 heterocycles. The molecule has 0 amide bonds. The summed E-state index contributed by atoms with van der Waals surface area (Å²) in [5.74, 6) is 0. The molecule has 270 valence electrons. The van der Waals surface area contributed by atoms with E-state index in [1.807, 2.05) is 12.1 Å². The average Bonchev–Trinajstić information content (AvgIpc) is 3.82. The Balaban J connectivity index is 1.12. The summed E-state index contributed by atoms with van der Waals surface area (Å²) < 4.78 is 4.90. The molecule has 0 saturated carbocycles. The van der Waals surface area contributed by atoms with Crippen molar-refractivity contribution in [1.82, 2.24) is 19.1 Å². The first-order chi connectivity index (χ1) is 28.8. The zero-order valence-corrected chi connectivity index (χ0v) is 31.4. The van der Waals surface area contributed by atoms with Crippen LogP contribution in [0, 0.1) is 0 Å². The van der Waals surface area contributed by atoms with E-state index in [1.54, 1.807) is 0 Å². The molecule has 4 nitrogen and oxygen atoms in total. The van der Waals surface area contributed by atoms with Crippen molar-refractivity contribution in [3.63, 3.8) is 0 Å². The van der Waals surface area contributed by atoms with Crippen molar-refractivity contribution < 1.29 is 0 Å². The lowest BCUT2D eigenvalue weighted by Gasteiger charge is -2.14. The lowest BCUT2D eigenvalue weighted by Crippen LogP contribution is -1.98. The SMILES string of the molecule is c1ccc(-c2nc3cccc(-c4cccc(-n5c6ccccc6c6c5ccc5c7c8ccccc8ccc7n(-c7ccccc7)c56)c4)c3nc2-c2ccccc2)cc1. The predicted molar refractivity (Wildman–Crippen MR) is 242 cm³/mol. The van der Waals surface area contributed by atoms with E-state index in [-0.39, 0.29) is 0 Å². The zero-order valence-electron chi connectivity index (χ0n) is 31.4. The second kappa shape index (κ2) is 12.9. The van der Waals surface area contributed by atoms with Crippen molar-refractivity contribution in [3.8, 4) is 45.0 Å². The van der Waals surface area contributed by atoms with Gasteiger partial charge < -0.3 is 9.13 Å². The van der Waals surface area contributed by atoms with Gasteiger partial charge in [-0.05, 0) is 64.9 Å². The molecule has 0 radical (unpaired) electrons. The molecule has 0 aliphatic rings. The van der Waals surface area contributed by atoms with Crippen LogP contribution < -0.4 is 0 Å². The number of rotatable bonds is 5. The van der Waals surface area contributed by atoms with Crippen molar-refractivity contribution in [3.05, 3.63) is 206 Å². The monoisotopic (exact) mass is 738 g/mol. The average molecular weight is 739 g/mol. The molecule has 0 spiro atoms.